The molecular formula is C15H18N4OS. The Morgan fingerprint density at radius 1 is 1.38 bits per heavy atom. The van der Waals surface area contributed by atoms with E-state index in [1.165, 1.54) is 0 Å². The van der Waals surface area contributed by atoms with E-state index in [9.17, 15) is 4.79 Å². The van der Waals surface area contributed by atoms with Gasteiger partial charge >= 0.3 is 0 Å². The van der Waals surface area contributed by atoms with Crippen molar-refractivity contribution in [1.82, 2.24) is 19.9 Å². The lowest BCUT2D eigenvalue weighted by Crippen LogP contribution is -2.29. The van der Waals surface area contributed by atoms with Crippen LogP contribution >= 0.6 is 11.3 Å². The van der Waals surface area contributed by atoms with E-state index in [4.69, 9.17) is 0 Å². The van der Waals surface area contributed by atoms with Crippen LogP contribution in [0.15, 0.2) is 17.8 Å². The SMILES string of the molecule is Cc1csc(C(C)N(C)C(=O)c2cnc(C3CC3)nc2)n1. The van der Waals surface area contributed by atoms with Crippen molar-refractivity contribution in [2.24, 2.45) is 0 Å². The van der Waals surface area contributed by atoms with Crippen molar-refractivity contribution in [1.29, 1.82) is 0 Å². The monoisotopic (exact) mass is 302 g/mol. The van der Waals surface area contributed by atoms with E-state index in [-0.39, 0.29) is 11.9 Å². The van der Waals surface area contributed by atoms with Crippen LogP contribution in [0.1, 0.15) is 58.6 Å². The zero-order chi connectivity index (χ0) is 15.0. The molecule has 2 heterocycles. The second-order valence-corrected chi connectivity index (χ2v) is 6.41. The number of nitrogens with zero attached hydrogens (tertiary/aromatic N) is 4. The van der Waals surface area contributed by atoms with Crippen LogP contribution in [0, 0.1) is 6.92 Å². The summed E-state index contributed by atoms with van der Waals surface area (Å²) in [6, 6.07) is -0.0562. The number of hydrogen-bond donors (Lipinski definition) is 0. The molecule has 2 aromatic heterocycles. The molecule has 110 valence electrons. The molecular weight excluding hydrogens is 284 g/mol. The van der Waals surface area contributed by atoms with E-state index in [1.807, 2.05) is 19.2 Å². The predicted molar refractivity (Wildman–Crippen MR) is 81.4 cm³/mol. The van der Waals surface area contributed by atoms with Gasteiger partial charge in [0.15, 0.2) is 0 Å². The van der Waals surface area contributed by atoms with Gasteiger partial charge in [0.2, 0.25) is 0 Å². The predicted octanol–water partition coefficient (Wildman–Crippen LogP) is 2.95. The van der Waals surface area contributed by atoms with Gasteiger partial charge in [-0.15, -0.1) is 11.3 Å². The average Bonchev–Trinajstić information content (AvgIpc) is 3.27. The van der Waals surface area contributed by atoms with E-state index in [0.29, 0.717) is 11.5 Å². The van der Waals surface area contributed by atoms with Crippen molar-refractivity contribution in [2.75, 3.05) is 7.05 Å². The minimum absolute atomic E-state index is 0.0562. The van der Waals surface area contributed by atoms with E-state index < -0.39 is 0 Å². The lowest BCUT2D eigenvalue weighted by atomic mass is 10.2. The first-order valence-electron chi connectivity index (χ1n) is 7.07. The summed E-state index contributed by atoms with van der Waals surface area (Å²) in [5.74, 6) is 1.29. The van der Waals surface area contributed by atoms with Crippen molar-refractivity contribution in [3.63, 3.8) is 0 Å². The van der Waals surface area contributed by atoms with Crippen molar-refractivity contribution in [2.45, 2.75) is 38.6 Å². The molecule has 21 heavy (non-hydrogen) atoms. The molecule has 1 saturated carbocycles. The molecule has 2 aromatic rings. The van der Waals surface area contributed by atoms with Gasteiger partial charge in [0.25, 0.3) is 5.91 Å². The first-order valence-corrected chi connectivity index (χ1v) is 7.95. The molecule has 0 saturated heterocycles. The summed E-state index contributed by atoms with van der Waals surface area (Å²) in [5.41, 5.74) is 1.52. The highest BCUT2D eigenvalue weighted by Crippen LogP contribution is 2.37. The van der Waals surface area contributed by atoms with Gasteiger partial charge in [-0.05, 0) is 26.7 Å². The molecule has 0 aromatic carbocycles. The smallest absolute Gasteiger partial charge is 0.257 e. The van der Waals surface area contributed by atoms with Crippen molar-refractivity contribution >= 4 is 17.2 Å². The third kappa shape index (κ3) is 2.95. The molecule has 1 amide bonds. The van der Waals surface area contributed by atoms with Gasteiger partial charge in [-0.3, -0.25) is 4.79 Å². The minimum atomic E-state index is -0.0716. The Kier molecular flexibility index (Phi) is 3.71. The lowest BCUT2D eigenvalue weighted by Gasteiger charge is -2.23. The quantitative estimate of drug-likeness (QED) is 0.871. The molecule has 5 nitrogen and oxygen atoms in total. The normalized spacial score (nSPS) is 15.8. The van der Waals surface area contributed by atoms with Crippen molar-refractivity contribution in [3.05, 3.63) is 39.9 Å². The highest BCUT2D eigenvalue weighted by Gasteiger charge is 2.27. The first-order chi connectivity index (χ1) is 10.1. The Morgan fingerprint density at radius 2 is 2.05 bits per heavy atom. The largest absolute Gasteiger partial charge is 0.332 e. The standard InChI is InChI=1S/C15H18N4OS/c1-9-8-21-14(18-9)10(2)19(3)15(20)12-6-16-13(17-7-12)11-4-5-11/h6-8,10-11H,4-5H2,1-3H3. The Bertz CT molecular complexity index is 648. The second-order valence-electron chi connectivity index (χ2n) is 5.52. The third-order valence-electron chi connectivity index (χ3n) is 3.76. The molecule has 1 unspecified atom stereocenters. The number of thiazole rings is 1. The molecule has 1 aliphatic rings. The summed E-state index contributed by atoms with van der Waals surface area (Å²) in [6.45, 7) is 3.94. The van der Waals surface area contributed by atoms with E-state index >= 15 is 0 Å². The molecule has 0 aliphatic heterocycles. The van der Waals surface area contributed by atoms with Crippen molar-refractivity contribution in [3.8, 4) is 0 Å². The molecule has 0 radical (unpaired) electrons. The zero-order valence-corrected chi connectivity index (χ0v) is 13.2. The van der Waals surface area contributed by atoms with Gasteiger partial charge in [0, 0.05) is 36.4 Å². The number of aryl methyl sites for hydroxylation is 1. The van der Waals surface area contributed by atoms with Crippen LogP contribution in [0.5, 0.6) is 0 Å². The van der Waals surface area contributed by atoms with E-state index in [0.717, 1.165) is 29.4 Å². The van der Waals surface area contributed by atoms with Crippen LogP contribution in [0.4, 0.5) is 0 Å². The number of aromatic nitrogens is 3. The molecule has 1 fully saturated rings. The van der Waals surface area contributed by atoms with Crippen LogP contribution in [-0.4, -0.2) is 32.8 Å². The summed E-state index contributed by atoms with van der Waals surface area (Å²) in [4.78, 5) is 27.2. The molecule has 0 N–H and O–H groups in total. The van der Waals surface area contributed by atoms with Gasteiger partial charge in [0.1, 0.15) is 10.8 Å². The molecule has 6 heteroatoms. The highest BCUT2D eigenvalue weighted by atomic mass is 32.1. The van der Waals surface area contributed by atoms with Crippen molar-refractivity contribution < 1.29 is 4.79 Å². The summed E-state index contributed by atoms with van der Waals surface area (Å²) in [7, 11) is 1.79. The van der Waals surface area contributed by atoms with E-state index in [2.05, 4.69) is 15.0 Å². The summed E-state index contributed by atoms with van der Waals surface area (Å²) in [5, 5.41) is 2.94. The second kappa shape index (κ2) is 5.52. The summed E-state index contributed by atoms with van der Waals surface area (Å²) >= 11 is 1.58. The molecule has 1 aliphatic carbocycles. The Morgan fingerprint density at radius 3 is 2.57 bits per heavy atom. The fourth-order valence-corrected chi connectivity index (χ4v) is 3.01. The van der Waals surface area contributed by atoms with Gasteiger partial charge in [-0.1, -0.05) is 0 Å². The maximum atomic E-state index is 12.5. The maximum absolute atomic E-state index is 12.5. The lowest BCUT2D eigenvalue weighted by molar-refractivity contribution is 0.0741. The van der Waals surface area contributed by atoms with Gasteiger partial charge in [0.05, 0.1) is 11.6 Å². The molecule has 0 bridgehead atoms. The number of carbonyl (C=O) groups excluding carboxylic acids is 1. The van der Waals surface area contributed by atoms with Crippen LogP contribution in [0.2, 0.25) is 0 Å². The van der Waals surface area contributed by atoms with Gasteiger partial charge in [-0.25, -0.2) is 15.0 Å². The molecule has 1 atom stereocenters. The molecule has 3 rings (SSSR count). The topological polar surface area (TPSA) is 59.0 Å². The Balaban J connectivity index is 1.73. The van der Waals surface area contributed by atoms with Gasteiger partial charge < -0.3 is 4.90 Å². The van der Waals surface area contributed by atoms with Crippen LogP contribution in [0.25, 0.3) is 0 Å². The maximum Gasteiger partial charge on any atom is 0.257 e. The number of hydrogen-bond acceptors (Lipinski definition) is 5. The fraction of sp³-hybridized carbons (Fsp3) is 0.467. The summed E-state index contributed by atoms with van der Waals surface area (Å²) in [6.07, 6.45) is 5.60. The third-order valence-corrected chi connectivity index (χ3v) is 4.89. The molecule has 0 spiro atoms. The van der Waals surface area contributed by atoms with Crippen LogP contribution in [0.3, 0.4) is 0 Å². The minimum Gasteiger partial charge on any atom is -0.332 e. The zero-order valence-electron chi connectivity index (χ0n) is 12.4. The average molecular weight is 302 g/mol. The first kappa shape index (κ1) is 14.1. The summed E-state index contributed by atoms with van der Waals surface area (Å²) < 4.78 is 0. The van der Waals surface area contributed by atoms with E-state index in [1.54, 1.807) is 35.7 Å². The van der Waals surface area contributed by atoms with Gasteiger partial charge in [-0.2, -0.15) is 0 Å². The Labute approximate surface area is 128 Å². The number of rotatable bonds is 4. The fourth-order valence-electron chi connectivity index (χ4n) is 2.11. The van der Waals surface area contributed by atoms with Crippen LogP contribution in [-0.2, 0) is 0 Å². The van der Waals surface area contributed by atoms with Crippen LogP contribution < -0.4 is 0 Å². The Hall–Kier alpha value is -1.82. The number of amides is 1. The number of carbonyl (C=O) groups is 1. The highest BCUT2D eigenvalue weighted by molar-refractivity contribution is 7.09.